The molecule has 2 aliphatic heterocycles. The maximum absolute atomic E-state index is 12.0. The van der Waals surface area contributed by atoms with Crippen LogP contribution in [0.5, 0.6) is 0 Å². The zero-order valence-corrected chi connectivity index (χ0v) is 12.9. The standard InChI is InChI=1S/C15H19N3O4/c1-14(2,3)22-13(19)18-8-15(9-18)11-5-4-10(6-16-20)17-12(11)7-21-15/h4-6,20H,7-9H2,1-3H3. The van der Waals surface area contributed by atoms with E-state index in [4.69, 9.17) is 14.7 Å². The largest absolute Gasteiger partial charge is 0.444 e. The summed E-state index contributed by atoms with van der Waals surface area (Å²) < 4.78 is 11.2. The molecule has 1 spiro atoms. The molecule has 7 heteroatoms. The molecule has 1 saturated heterocycles. The second-order valence-corrected chi connectivity index (χ2v) is 6.59. The van der Waals surface area contributed by atoms with Gasteiger partial charge in [-0.2, -0.15) is 0 Å². The summed E-state index contributed by atoms with van der Waals surface area (Å²) in [5.74, 6) is 0. The van der Waals surface area contributed by atoms with Crippen LogP contribution in [0, 0.1) is 0 Å². The van der Waals surface area contributed by atoms with Crippen molar-refractivity contribution in [2.24, 2.45) is 5.16 Å². The third-order valence-electron chi connectivity index (χ3n) is 3.71. The Morgan fingerprint density at radius 1 is 1.50 bits per heavy atom. The summed E-state index contributed by atoms with van der Waals surface area (Å²) in [5, 5.41) is 11.5. The number of hydrogen-bond donors (Lipinski definition) is 1. The van der Waals surface area contributed by atoms with E-state index in [1.54, 1.807) is 11.0 Å². The minimum absolute atomic E-state index is 0.327. The van der Waals surface area contributed by atoms with Crippen LogP contribution in [0.3, 0.4) is 0 Å². The summed E-state index contributed by atoms with van der Waals surface area (Å²) in [6, 6.07) is 3.68. The van der Waals surface area contributed by atoms with Crippen LogP contribution in [0.1, 0.15) is 37.7 Å². The Morgan fingerprint density at radius 2 is 2.23 bits per heavy atom. The molecule has 1 aromatic heterocycles. The summed E-state index contributed by atoms with van der Waals surface area (Å²) in [5.41, 5.74) is 1.40. The van der Waals surface area contributed by atoms with Gasteiger partial charge in [0.25, 0.3) is 0 Å². The van der Waals surface area contributed by atoms with E-state index in [2.05, 4.69) is 10.1 Å². The molecule has 0 saturated carbocycles. The van der Waals surface area contributed by atoms with Crippen molar-refractivity contribution in [1.29, 1.82) is 0 Å². The van der Waals surface area contributed by atoms with E-state index in [0.29, 0.717) is 25.4 Å². The number of oxime groups is 1. The Kier molecular flexibility index (Phi) is 3.32. The van der Waals surface area contributed by atoms with Crippen molar-refractivity contribution in [3.63, 3.8) is 0 Å². The van der Waals surface area contributed by atoms with Gasteiger partial charge >= 0.3 is 6.09 Å². The van der Waals surface area contributed by atoms with Crippen molar-refractivity contribution < 1.29 is 19.5 Å². The third kappa shape index (κ3) is 2.52. The number of hydrogen-bond acceptors (Lipinski definition) is 6. The van der Waals surface area contributed by atoms with E-state index in [0.717, 1.165) is 11.3 Å². The summed E-state index contributed by atoms with van der Waals surface area (Å²) >= 11 is 0. The first-order valence-electron chi connectivity index (χ1n) is 7.13. The maximum atomic E-state index is 12.0. The molecule has 2 aliphatic rings. The van der Waals surface area contributed by atoms with E-state index in [-0.39, 0.29) is 6.09 Å². The van der Waals surface area contributed by atoms with Crippen molar-refractivity contribution in [2.75, 3.05) is 13.1 Å². The number of fused-ring (bicyclic) bond motifs is 2. The average Bonchev–Trinajstić information content (AvgIpc) is 2.74. The molecule has 0 aromatic carbocycles. The van der Waals surface area contributed by atoms with Gasteiger partial charge in [-0.1, -0.05) is 11.2 Å². The monoisotopic (exact) mass is 305 g/mol. The Bertz CT molecular complexity index is 630. The van der Waals surface area contributed by atoms with Gasteiger partial charge in [-0.3, -0.25) is 0 Å². The highest BCUT2D eigenvalue weighted by atomic mass is 16.6. The highest BCUT2D eigenvalue weighted by Gasteiger charge is 2.53. The van der Waals surface area contributed by atoms with E-state index in [1.807, 2.05) is 26.8 Å². The van der Waals surface area contributed by atoms with E-state index >= 15 is 0 Å². The molecule has 0 bridgehead atoms. The molecule has 3 rings (SSSR count). The van der Waals surface area contributed by atoms with Gasteiger partial charge in [-0.15, -0.1) is 0 Å². The van der Waals surface area contributed by atoms with Crippen LogP contribution in [-0.4, -0.2) is 46.1 Å². The van der Waals surface area contributed by atoms with Gasteiger partial charge in [0.1, 0.15) is 11.2 Å². The summed E-state index contributed by atoms with van der Waals surface area (Å²) in [6.07, 6.45) is 0.950. The number of pyridine rings is 1. The molecule has 1 aromatic rings. The number of carbonyl (C=O) groups is 1. The van der Waals surface area contributed by atoms with Crippen molar-refractivity contribution in [1.82, 2.24) is 9.88 Å². The number of ether oxygens (including phenoxy) is 2. The number of aromatic nitrogens is 1. The molecule has 0 aliphatic carbocycles. The topological polar surface area (TPSA) is 84.2 Å². The second kappa shape index (κ2) is 4.95. The van der Waals surface area contributed by atoms with Crippen molar-refractivity contribution in [3.8, 4) is 0 Å². The summed E-state index contributed by atoms with van der Waals surface area (Å²) in [4.78, 5) is 18.0. The fourth-order valence-corrected chi connectivity index (χ4v) is 2.75. The first-order chi connectivity index (χ1) is 10.3. The zero-order valence-electron chi connectivity index (χ0n) is 12.9. The number of likely N-dealkylation sites (tertiary alicyclic amines) is 1. The fourth-order valence-electron chi connectivity index (χ4n) is 2.75. The lowest BCUT2D eigenvalue weighted by atomic mass is 9.87. The highest BCUT2D eigenvalue weighted by molar-refractivity contribution is 5.76. The first kappa shape index (κ1) is 14.8. The Labute approximate surface area is 128 Å². The molecular formula is C15H19N3O4. The predicted molar refractivity (Wildman–Crippen MR) is 77.9 cm³/mol. The molecule has 1 fully saturated rings. The quantitative estimate of drug-likeness (QED) is 0.486. The lowest BCUT2D eigenvalue weighted by molar-refractivity contribution is -0.137. The van der Waals surface area contributed by atoms with Gasteiger partial charge in [-0.25, -0.2) is 9.78 Å². The zero-order chi connectivity index (χ0) is 16.0. The molecule has 3 heterocycles. The fraction of sp³-hybridized carbons (Fsp3) is 0.533. The molecule has 7 nitrogen and oxygen atoms in total. The highest BCUT2D eigenvalue weighted by Crippen LogP contribution is 2.43. The average molecular weight is 305 g/mol. The second-order valence-electron chi connectivity index (χ2n) is 6.59. The van der Waals surface area contributed by atoms with Crippen LogP contribution < -0.4 is 0 Å². The predicted octanol–water partition coefficient (Wildman–Crippen LogP) is 1.87. The molecule has 0 atom stereocenters. The third-order valence-corrected chi connectivity index (χ3v) is 3.71. The van der Waals surface area contributed by atoms with Crippen molar-refractivity contribution in [2.45, 2.75) is 38.6 Å². The molecule has 118 valence electrons. The lowest BCUT2D eigenvalue weighted by Crippen LogP contribution is -2.61. The van der Waals surface area contributed by atoms with E-state index in [1.165, 1.54) is 6.21 Å². The lowest BCUT2D eigenvalue weighted by Gasteiger charge is -2.47. The molecule has 1 amide bonds. The molecule has 0 radical (unpaired) electrons. The van der Waals surface area contributed by atoms with Gasteiger partial charge in [0, 0.05) is 5.56 Å². The van der Waals surface area contributed by atoms with Crippen LogP contribution in [0.4, 0.5) is 4.79 Å². The molecule has 0 unspecified atom stereocenters. The number of rotatable bonds is 1. The SMILES string of the molecule is CC(C)(C)OC(=O)N1CC2(C1)OCc1nc(C=NO)ccc12. The maximum Gasteiger partial charge on any atom is 0.410 e. The number of carbonyl (C=O) groups excluding carboxylic acids is 1. The summed E-state index contributed by atoms with van der Waals surface area (Å²) in [7, 11) is 0. The minimum Gasteiger partial charge on any atom is -0.444 e. The minimum atomic E-state index is -0.506. The van der Waals surface area contributed by atoms with Crippen LogP contribution >= 0.6 is 0 Å². The van der Waals surface area contributed by atoms with Gasteiger partial charge < -0.3 is 19.6 Å². The Hall–Kier alpha value is -2.15. The molecule has 22 heavy (non-hydrogen) atoms. The van der Waals surface area contributed by atoms with E-state index < -0.39 is 11.2 Å². The van der Waals surface area contributed by atoms with Gasteiger partial charge in [0.15, 0.2) is 0 Å². The normalized spacial score (nSPS) is 19.3. The number of amides is 1. The summed E-state index contributed by atoms with van der Waals surface area (Å²) in [6.45, 7) is 6.85. The molecule has 1 N–H and O–H groups in total. The van der Waals surface area contributed by atoms with Crippen LogP contribution in [-0.2, 0) is 21.7 Å². The Balaban J connectivity index is 1.72. The van der Waals surface area contributed by atoms with Crippen LogP contribution in [0.25, 0.3) is 0 Å². The first-order valence-corrected chi connectivity index (χ1v) is 7.13. The van der Waals surface area contributed by atoms with Crippen molar-refractivity contribution >= 4 is 12.3 Å². The van der Waals surface area contributed by atoms with Crippen LogP contribution in [0.2, 0.25) is 0 Å². The van der Waals surface area contributed by atoms with Crippen molar-refractivity contribution in [3.05, 3.63) is 29.1 Å². The Morgan fingerprint density at radius 3 is 2.86 bits per heavy atom. The van der Waals surface area contributed by atoms with Gasteiger partial charge in [-0.05, 0) is 26.8 Å². The van der Waals surface area contributed by atoms with Gasteiger partial charge in [0.2, 0.25) is 0 Å². The van der Waals surface area contributed by atoms with E-state index in [9.17, 15) is 4.79 Å². The smallest absolute Gasteiger partial charge is 0.410 e. The van der Waals surface area contributed by atoms with Crippen LogP contribution in [0.15, 0.2) is 17.3 Å². The number of nitrogens with zero attached hydrogens (tertiary/aromatic N) is 3. The van der Waals surface area contributed by atoms with Gasteiger partial charge in [0.05, 0.1) is 37.3 Å². The molecular weight excluding hydrogens is 286 g/mol.